The van der Waals surface area contributed by atoms with Crippen LogP contribution in [-0.4, -0.2) is 52.0 Å². The normalized spacial score (nSPS) is 16.0. The molecule has 1 aliphatic heterocycles. The fourth-order valence-electron chi connectivity index (χ4n) is 2.56. The third kappa shape index (κ3) is 3.33. The van der Waals surface area contributed by atoms with E-state index >= 15 is 0 Å². The Kier molecular flexibility index (Phi) is 4.48. The molecule has 0 bridgehead atoms. The Morgan fingerprint density at radius 3 is 2.55 bits per heavy atom. The number of hydrogen-bond donors (Lipinski definition) is 0. The van der Waals surface area contributed by atoms with Gasteiger partial charge >= 0.3 is 0 Å². The largest absolute Gasteiger partial charge is 0.338 e. The van der Waals surface area contributed by atoms with Gasteiger partial charge in [0, 0.05) is 38.2 Å². The maximum atomic E-state index is 12.4. The van der Waals surface area contributed by atoms with Crippen LogP contribution in [0.2, 0.25) is 0 Å². The van der Waals surface area contributed by atoms with Crippen LogP contribution >= 0.6 is 0 Å². The van der Waals surface area contributed by atoms with E-state index in [4.69, 9.17) is 4.52 Å². The minimum Gasteiger partial charge on any atom is -0.338 e. The van der Waals surface area contributed by atoms with Gasteiger partial charge in [-0.3, -0.25) is 9.69 Å². The molecule has 0 aliphatic carbocycles. The quantitative estimate of drug-likeness (QED) is 0.858. The van der Waals surface area contributed by atoms with E-state index in [2.05, 4.69) is 15.0 Å². The summed E-state index contributed by atoms with van der Waals surface area (Å²) in [5, 5.41) is 3.91. The van der Waals surface area contributed by atoms with Gasteiger partial charge < -0.3 is 9.42 Å². The first kappa shape index (κ1) is 14.7. The van der Waals surface area contributed by atoms with Crippen LogP contribution in [-0.2, 0) is 13.0 Å². The fourth-order valence-corrected chi connectivity index (χ4v) is 2.56. The third-order valence-electron chi connectivity index (χ3n) is 3.87. The van der Waals surface area contributed by atoms with Gasteiger partial charge in [-0.25, -0.2) is 0 Å². The standard InChI is InChI=1S/C16H20N4O2/c1-2-14-17-15(22-18-14)12-19-8-10-20(11-9-19)16(21)13-6-4-3-5-7-13/h3-7H,2,8-12H2,1H3. The zero-order valence-corrected chi connectivity index (χ0v) is 12.7. The van der Waals surface area contributed by atoms with Gasteiger partial charge in [0.2, 0.25) is 5.89 Å². The van der Waals surface area contributed by atoms with E-state index in [-0.39, 0.29) is 5.91 Å². The van der Waals surface area contributed by atoms with Gasteiger partial charge in [-0.15, -0.1) is 0 Å². The molecule has 116 valence electrons. The minimum absolute atomic E-state index is 0.103. The first-order chi connectivity index (χ1) is 10.8. The minimum atomic E-state index is 0.103. The van der Waals surface area contributed by atoms with Gasteiger partial charge in [-0.1, -0.05) is 30.3 Å². The number of aryl methyl sites for hydroxylation is 1. The topological polar surface area (TPSA) is 62.5 Å². The Hall–Kier alpha value is -2.21. The Balaban J connectivity index is 1.53. The van der Waals surface area contributed by atoms with Crippen LogP contribution in [0.4, 0.5) is 0 Å². The highest BCUT2D eigenvalue weighted by atomic mass is 16.5. The number of nitrogens with zero attached hydrogens (tertiary/aromatic N) is 4. The summed E-state index contributed by atoms with van der Waals surface area (Å²) >= 11 is 0. The molecule has 22 heavy (non-hydrogen) atoms. The number of benzene rings is 1. The fraction of sp³-hybridized carbons (Fsp3) is 0.438. The van der Waals surface area contributed by atoms with Crippen molar-refractivity contribution in [1.29, 1.82) is 0 Å². The number of aromatic nitrogens is 2. The average Bonchev–Trinajstić information content (AvgIpc) is 3.03. The van der Waals surface area contributed by atoms with Crippen LogP contribution in [0.15, 0.2) is 34.9 Å². The van der Waals surface area contributed by atoms with E-state index in [1.54, 1.807) is 0 Å². The molecule has 2 aromatic rings. The molecule has 1 aromatic carbocycles. The molecule has 0 radical (unpaired) electrons. The molecule has 1 fully saturated rings. The van der Waals surface area contributed by atoms with Crippen LogP contribution < -0.4 is 0 Å². The highest BCUT2D eigenvalue weighted by molar-refractivity contribution is 5.94. The Morgan fingerprint density at radius 1 is 1.18 bits per heavy atom. The number of piperazine rings is 1. The molecule has 0 atom stereocenters. The molecule has 1 amide bonds. The number of amides is 1. The van der Waals surface area contributed by atoms with Crippen molar-refractivity contribution in [2.75, 3.05) is 26.2 Å². The second kappa shape index (κ2) is 6.70. The molecule has 0 N–H and O–H groups in total. The van der Waals surface area contributed by atoms with E-state index in [1.165, 1.54) is 0 Å². The first-order valence-electron chi connectivity index (χ1n) is 7.64. The second-order valence-electron chi connectivity index (χ2n) is 5.39. The van der Waals surface area contributed by atoms with Gasteiger partial charge in [-0.05, 0) is 12.1 Å². The lowest BCUT2D eigenvalue weighted by atomic mass is 10.2. The van der Waals surface area contributed by atoms with Crippen LogP contribution in [0, 0.1) is 0 Å². The number of rotatable bonds is 4. The van der Waals surface area contributed by atoms with Crippen molar-refractivity contribution in [3.63, 3.8) is 0 Å². The Bertz CT molecular complexity index is 618. The van der Waals surface area contributed by atoms with Crippen molar-refractivity contribution in [2.24, 2.45) is 0 Å². The predicted molar refractivity (Wildman–Crippen MR) is 81.3 cm³/mol. The van der Waals surface area contributed by atoms with Gasteiger partial charge in [0.1, 0.15) is 0 Å². The summed E-state index contributed by atoms with van der Waals surface area (Å²) in [5.41, 5.74) is 0.750. The van der Waals surface area contributed by atoms with Crippen LogP contribution in [0.25, 0.3) is 0 Å². The van der Waals surface area contributed by atoms with Crippen LogP contribution in [0.3, 0.4) is 0 Å². The summed E-state index contributed by atoms with van der Waals surface area (Å²) in [4.78, 5) is 20.8. The van der Waals surface area contributed by atoms with E-state index < -0.39 is 0 Å². The Morgan fingerprint density at radius 2 is 1.91 bits per heavy atom. The number of carbonyl (C=O) groups is 1. The molecule has 2 heterocycles. The molecule has 6 heteroatoms. The van der Waals surface area contributed by atoms with Gasteiger partial charge in [0.05, 0.1) is 6.54 Å². The lowest BCUT2D eigenvalue weighted by Gasteiger charge is -2.34. The van der Waals surface area contributed by atoms with Crippen molar-refractivity contribution in [1.82, 2.24) is 19.9 Å². The number of carbonyl (C=O) groups excluding carboxylic acids is 1. The van der Waals surface area contributed by atoms with Crippen LogP contribution in [0.5, 0.6) is 0 Å². The SMILES string of the molecule is CCc1noc(CN2CCN(C(=O)c3ccccc3)CC2)n1. The smallest absolute Gasteiger partial charge is 0.253 e. The molecule has 3 rings (SSSR count). The summed E-state index contributed by atoms with van der Waals surface area (Å²) in [7, 11) is 0. The van der Waals surface area contributed by atoms with Crippen LogP contribution in [0.1, 0.15) is 29.0 Å². The number of hydrogen-bond acceptors (Lipinski definition) is 5. The van der Waals surface area contributed by atoms with E-state index in [1.807, 2.05) is 42.2 Å². The third-order valence-corrected chi connectivity index (χ3v) is 3.87. The monoisotopic (exact) mass is 300 g/mol. The van der Waals surface area contributed by atoms with Crippen molar-refractivity contribution in [2.45, 2.75) is 19.9 Å². The van der Waals surface area contributed by atoms with Crippen molar-refractivity contribution >= 4 is 5.91 Å². The van der Waals surface area contributed by atoms with Gasteiger partial charge in [0.25, 0.3) is 5.91 Å². The van der Waals surface area contributed by atoms with Crippen molar-refractivity contribution in [3.8, 4) is 0 Å². The maximum absolute atomic E-state index is 12.4. The van der Waals surface area contributed by atoms with E-state index in [9.17, 15) is 4.79 Å². The molecule has 0 saturated carbocycles. The predicted octanol–water partition coefficient (Wildman–Crippen LogP) is 1.59. The van der Waals surface area contributed by atoms with Gasteiger partial charge in [0.15, 0.2) is 5.82 Å². The zero-order valence-electron chi connectivity index (χ0n) is 12.7. The van der Waals surface area contributed by atoms with E-state index in [0.29, 0.717) is 12.4 Å². The lowest BCUT2D eigenvalue weighted by molar-refractivity contribution is 0.0615. The molecule has 0 unspecified atom stereocenters. The summed E-state index contributed by atoms with van der Waals surface area (Å²) < 4.78 is 5.22. The summed E-state index contributed by atoms with van der Waals surface area (Å²) in [5.74, 6) is 1.50. The Labute approximate surface area is 129 Å². The molecular weight excluding hydrogens is 280 g/mol. The lowest BCUT2D eigenvalue weighted by Crippen LogP contribution is -2.48. The maximum Gasteiger partial charge on any atom is 0.253 e. The molecule has 1 aromatic heterocycles. The molecule has 1 saturated heterocycles. The molecule has 0 spiro atoms. The molecular formula is C16H20N4O2. The second-order valence-corrected chi connectivity index (χ2v) is 5.39. The zero-order chi connectivity index (χ0) is 15.4. The highest BCUT2D eigenvalue weighted by Gasteiger charge is 2.23. The average molecular weight is 300 g/mol. The summed E-state index contributed by atoms with van der Waals surface area (Å²) in [6.45, 7) is 5.75. The first-order valence-corrected chi connectivity index (χ1v) is 7.64. The molecule has 1 aliphatic rings. The van der Waals surface area contributed by atoms with Gasteiger partial charge in [-0.2, -0.15) is 4.98 Å². The van der Waals surface area contributed by atoms with Crippen molar-refractivity contribution in [3.05, 3.63) is 47.6 Å². The molecule has 6 nitrogen and oxygen atoms in total. The summed E-state index contributed by atoms with van der Waals surface area (Å²) in [6, 6.07) is 9.43. The van der Waals surface area contributed by atoms with E-state index in [0.717, 1.165) is 44.0 Å². The van der Waals surface area contributed by atoms with Crippen molar-refractivity contribution < 1.29 is 9.32 Å². The highest BCUT2D eigenvalue weighted by Crippen LogP contribution is 2.11. The summed E-state index contributed by atoms with van der Waals surface area (Å²) in [6.07, 6.45) is 0.781.